The first-order chi connectivity index (χ1) is 9.24. The fourth-order valence-electron chi connectivity index (χ4n) is 1.82. The maximum Gasteiger partial charge on any atom is 0.131 e. The highest BCUT2D eigenvalue weighted by molar-refractivity contribution is 7.11. The fraction of sp³-hybridized carbons (Fsp3) is 0.467. The van der Waals surface area contributed by atoms with Gasteiger partial charge in [-0.3, -0.25) is 0 Å². The lowest BCUT2D eigenvalue weighted by atomic mass is 10.1. The Kier molecular flexibility index (Phi) is 5.48. The van der Waals surface area contributed by atoms with E-state index in [4.69, 9.17) is 0 Å². The first kappa shape index (κ1) is 14.2. The lowest BCUT2D eigenvalue weighted by molar-refractivity contribution is 0.550. The molecule has 2 rings (SSSR count). The molecule has 0 saturated heterocycles. The molecular formula is C15H21N3S. The molecule has 0 aliphatic rings. The van der Waals surface area contributed by atoms with Gasteiger partial charge in [0.25, 0.3) is 0 Å². The molecule has 0 amide bonds. The van der Waals surface area contributed by atoms with Crippen LogP contribution in [0.1, 0.15) is 29.4 Å². The summed E-state index contributed by atoms with van der Waals surface area (Å²) >= 11 is 1.72. The van der Waals surface area contributed by atoms with E-state index in [9.17, 15) is 0 Å². The second-order valence-electron chi connectivity index (χ2n) is 5.10. The number of aromatic nitrogens is 2. The van der Waals surface area contributed by atoms with Crippen LogP contribution >= 0.6 is 11.3 Å². The summed E-state index contributed by atoms with van der Waals surface area (Å²) in [6.45, 7) is 6.27. The number of hydrogen-bond donors (Lipinski definition) is 1. The van der Waals surface area contributed by atoms with E-state index in [1.807, 2.05) is 6.07 Å². The third kappa shape index (κ3) is 5.09. The van der Waals surface area contributed by atoms with E-state index in [-0.39, 0.29) is 0 Å². The zero-order chi connectivity index (χ0) is 13.5. The van der Waals surface area contributed by atoms with Crippen LogP contribution in [0.4, 0.5) is 0 Å². The molecule has 0 aliphatic carbocycles. The number of nitrogens with one attached hydrogen (secondary N) is 1. The SMILES string of the molecule is CC(C)CNCc1nnc(CCc2ccccc2)s1. The normalized spacial score (nSPS) is 11.1. The van der Waals surface area contributed by atoms with Crippen LogP contribution in [0, 0.1) is 5.92 Å². The van der Waals surface area contributed by atoms with E-state index in [0.717, 1.165) is 35.9 Å². The van der Waals surface area contributed by atoms with Gasteiger partial charge in [0.1, 0.15) is 10.0 Å². The van der Waals surface area contributed by atoms with Gasteiger partial charge in [0, 0.05) is 13.0 Å². The van der Waals surface area contributed by atoms with Crippen LogP contribution in [0.15, 0.2) is 30.3 Å². The Morgan fingerprint density at radius 1 is 1.05 bits per heavy atom. The van der Waals surface area contributed by atoms with Crippen molar-refractivity contribution in [2.24, 2.45) is 5.92 Å². The first-order valence-corrected chi connectivity index (χ1v) is 7.61. The number of nitrogens with zero attached hydrogens (tertiary/aromatic N) is 2. The van der Waals surface area contributed by atoms with Crippen molar-refractivity contribution in [3.63, 3.8) is 0 Å². The Hall–Kier alpha value is -1.26. The molecule has 0 atom stereocenters. The fourth-order valence-corrected chi connectivity index (χ4v) is 2.64. The summed E-state index contributed by atoms with van der Waals surface area (Å²) in [6.07, 6.45) is 2.01. The van der Waals surface area contributed by atoms with E-state index in [0.29, 0.717) is 5.92 Å². The summed E-state index contributed by atoms with van der Waals surface area (Å²) in [4.78, 5) is 0. The number of hydrogen-bond acceptors (Lipinski definition) is 4. The molecule has 19 heavy (non-hydrogen) atoms. The van der Waals surface area contributed by atoms with Crippen LogP contribution < -0.4 is 5.32 Å². The lowest BCUT2D eigenvalue weighted by Crippen LogP contribution is -2.18. The van der Waals surface area contributed by atoms with Gasteiger partial charge in [-0.2, -0.15) is 0 Å². The van der Waals surface area contributed by atoms with Crippen LogP contribution in [-0.4, -0.2) is 16.7 Å². The number of benzene rings is 1. The van der Waals surface area contributed by atoms with Crippen molar-refractivity contribution in [1.82, 2.24) is 15.5 Å². The Morgan fingerprint density at radius 3 is 2.53 bits per heavy atom. The molecule has 0 radical (unpaired) electrons. The van der Waals surface area contributed by atoms with Crippen LogP contribution in [0.5, 0.6) is 0 Å². The largest absolute Gasteiger partial charge is 0.310 e. The molecule has 1 N–H and O–H groups in total. The van der Waals surface area contributed by atoms with Gasteiger partial charge in [0.05, 0.1) is 0 Å². The van der Waals surface area contributed by atoms with Crippen molar-refractivity contribution < 1.29 is 0 Å². The van der Waals surface area contributed by atoms with Crippen molar-refractivity contribution in [3.05, 3.63) is 45.9 Å². The predicted molar refractivity (Wildman–Crippen MR) is 80.3 cm³/mol. The minimum atomic E-state index is 0.672. The van der Waals surface area contributed by atoms with Crippen LogP contribution in [-0.2, 0) is 19.4 Å². The summed E-state index contributed by atoms with van der Waals surface area (Å²) in [7, 11) is 0. The first-order valence-electron chi connectivity index (χ1n) is 6.80. The van der Waals surface area contributed by atoms with Gasteiger partial charge >= 0.3 is 0 Å². The highest BCUT2D eigenvalue weighted by Gasteiger charge is 2.04. The quantitative estimate of drug-likeness (QED) is 0.844. The zero-order valence-corrected chi connectivity index (χ0v) is 12.4. The molecule has 0 saturated carbocycles. The van der Waals surface area contributed by atoms with Gasteiger partial charge in [-0.15, -0.1) is 21.5 Å². The van der Waals surface area contributed by atoms with Gasteiger partial charge < -0.3 is 5.32 Å². The second kappa shape index (κ2) is 7.36. The van der Waals surface area contributed by atoms with Gasteiger partial charge in [0.2, 0.25) is 0 Å². The number of rotatable bonds is 7. The summed E-state index contributed by atoms with van der Waals surface area (Å²) in [5.41, 5.74) is 1.36. The summed E-state index contributed by atoms with van der Waals surface area (Å²) in [5, 5.41) is 14.1. The van der Waals surface area contributed by atoms with E-state index in [2.05, 4.69) is 53.6 Å². The molecule has 1 aromatic heterocycles. The molecule has 1 heterocycles. The van der Waals surface area contributed by atoms with E-state index in [1.54, 1.807) is 11.3 Å². The van der Waals surface area contributed by atoms with Crippen molar-refractivity contribution in [3.8, 4) is 0 Å². The topological polar surface area (TPSA) is 37.8 Å². The molecule has 4 heteroatoms. The van der Waals surface area contributed by atoms with Crippen LogP contribution in [0.3, 0.4) is 0 Å². The third-order valence-corrected chi connectivity index (χ3v) is 3.79. The predicted octanol–water partition coefficient (Wildman–Crippen LogP) is 3.07. The van der Waals surface area contributed by atoms with E-state index in [1.165, 1.54) is 5.56 Å². The number of aryl methyl sites for hydroxylation is 2. The smallest absolute Gasteiger partial charge is 0.131 e. The molecule has 3 nitrogen and oxygen atoms in total. The van der Waals surface area contributed by atoms with Gasteiger partial charge in [-0.25, -0.2) is 0 Å². The van der Waals surface area contributed by atoms with E-state index < -0.39 is 0 Å². The standard InChI is InChI=1S/C15H21N3S/c1-12(2)10-16-11-15-18-17-14(19-15)9-8-13-6-4-3-5-7-13/h3-7,12,16H,8-11H2,1-2H3. The molecule has 0 unspecified atom stereocenters. The minimum absolute atomic E-state index is 0.672. The van der Waals surface area contributed by atoms with Crippen molar-refractivity contribution >= 4 is 11.3 Å². The molecule has 0 spiro atoms. The molecular weight excluding hydrogens is 254 g/mol. The summed E-state index contributed by atoms with van der Waals surface area (Å²) in [5.74, 6) is 0.672. The highest BCUT2D eigenvalue weighted by Crippen LogP contribution is 2.12. The average molecular weight is 275 g/mol. The second-order valence-corrected chi connectivity index (χ2v) is 6.25. The molecule has 0 fully saturated rings. The maximum atomic E-state index is 4.26. The van der Waals surface area contributed by atoms with Crippen molar-refractivity contribution in [2.45, 2.75) is 33.2 Å². The molecule has 0 bridgehead atoms. The molecule has 102 valence electrons. The van der Waals surface area contributed by atoms with E-state index >= 15 is 0 Å². The Bertz CT molecular complexity index is 479. The van der Waals surface area contributed by atoms with Gasteiger partial charge in [-0.1, -0.05) is 44.2 Å². The van der Waals surface area contributed by atoms with Gasteiger partial charge in [-0.05, 0) is 24.4 Å². The summed E-state index contributed by atoms with van der Waals surface area (Å²) in [6, 6.07) is 10.5. The minimum Gasteiger partial charge on any atom is -0.310 e. The monoisotopic (exact) mass is 275 g/mol. The molecule has 0 aliphatic heterocycles. The Balaban J connectivity index is 1.77. The van der Waals surface area contributed by atoms with Crippen LogP contribution in [0.25, 0.3) is 0 Å². The highest BCUT2D eigenvalue weighted by atomic mass is 32.1. The summed E-state index contributed by atoms with van der Waals surface area (Å²) < 4.78 is 0. The Morgan fingerprint density at radius 2 is 1.79 bits per heavy atom. The Labute approximate surface area is 119 Å². The van der Waals surface area contributed by atoms with Crippen LogP contribution in [0.2, 0.25) is 0 Å². The lowest BCUT2D eigenvalue weighted by Gasteiger charge is -2.03. The maximum absolute atomic E-state index is 4.26. The molecule has 2 aromatic rings. The molecule has 1 aromatic carbocycles. The zero-order valence-electron chi connectivity index (χ0n) is 11.6. The van der Waals surface area contributed by atoms with Crippen molar-refractivity contribution in [1.29, 1.82) is 0 Å². The third-order valence-electron chi connectivity index (χ3n) is 2.81. The van der Waals surface area contributed by atoms with Crippen molar-refractivity contribution in [2.75, 3.05) is 6.54 Å². The average Bonchev–Trinajstić information content (AvgIpc) is 2.85. The van der Waals surface area contributed by atoms with Gasteiger partial charge in [0.15, 0.2) is 0 Å².